The van der Waals surface area contributed by atoms with Crippen molar-refractivity contribution in [3.63, 3.8) is 0 Å². The van der Waals surface area contributed by atoms with Crippen molar-refractivity contribution in [3.05, 3.63) is 69.2 Å². The molecule has 0 aliphatic rings. The Balaban J connectivity index is 2.25. The van der Waals surface area contributed by atoms with E-state index in [1.807, 2.05) is 25.1 Å². The molecule has 0 bridgehead atoms. The lowest BCUT2D eigenvalue weighted by molar-refractivity contribution is 0.571. The summed E-state index contributed by atoms with van der Waals surface area (Å²) >= 11 is 7.01. The van der Waals surface area contributed by atoms with Crippen LogP contribution >= 0.6 is 31.9 Å². The van der Waals surface area contributed by atoms with Crippen LogP contribution in [-0.2, 0) is 6.42 Å². The minimum Gasteiger partial charge on any atom is -0.207 e. The summed E-state index contributed by atoms with van der Waals surface area (Å²) in [4.78, 5) is -0.00930. The molecule has 2 rings (SSSR count). The van der Waals surface area contributed by atoms with Gasteiger partial charge in [-0.3, -0.25) is 0 Å². The van der Waals surface area contributed by atoms with Gasteiger partial charge in [-0.1, -0.05) is 44.0 Å². The largest absolute Gasteiger partial charge is 0.207 e. The molecule has 19 heavy (non-hydrogen) atoms. The number of hydrogen-bond acceptors (Lipinski definition) is 0. The fraction of sp³-hybridized carbons (Fsp3) is 0.200. The average molecular weight is 390 g/mol. The summed E-state index contributed by atoms with van der Waals surface area (Å²) in [6.07, 6.45) is 0.476. The van der Waals surface area contributed by atoms with Crippen molar-refractivity contribution >= 4 is 31.9 Å². The maximum atomic E-state index is 13.6. The highest BCUT2D eigenvalue weighted by Gasteiger charge is 2.14. The minimum atomic E-state index is -0.550. The molecule has 0 amide bonds. The van der Waals surface area contributed by atoms with E-state index in [4.69, 9.17) is 0 Å². The lowest BCUT2D eigenvalue weighted by Gasteiger charge is -2.14. The quantitative estimate of drug-likeness (QED) is 0.589. The predicted molar refractivity (Wildman–Crippen MR) is 80.6 cm³/mol. The van der Waals surface area contributed by atoms with Gasteiger partial charge in [0.1, 0.15) is 11.6 Å². The van der Waals surface area contributed by atoms with Crippen molar-refractivity contribution < 1.29 is 8.78 Å². The maximum Gasteiger partial charge on any atom is 0.129 e. The van der Waals surface area contributed by atoms with Gasteiger partial charge in [0.05, 0.1) is 0 Å². The number of benzene rings is 2. The van der Waals surface area contributed by atoms with Crippen LogP contribution in [0.5, 0.6) is 0 Å². The van der Waals surface area contributed by atoms with E-state index in [9.17, 15) is 8.78 Å². The molecule has 1 atom stereocenters. The molecule has 100 valence electrons. The van der Waals surface area contributed by atoms with Crippen LogP contribution in [0.25, 0.3) is 0 Å². The molecule has 0 N–H and O–H groups in total. The van der Waals surface area contributed by atoms with Gasteiger partial charge in [0.25, 0.3) is 0 Å². The third-order valence-corrected chi connectivity index (χ3v) is 4.30. The molecule has 1 unspecified atom stereocenters. The number of alkyl halides is 1. The normalized spacial score (nSPS) is 12.5. The Morgan fingerprint density at radius 2 is 1.84 bits per heavy atom. The van der Waals surface area contributed by atoms with Crippen molar-refractivity contribution in [3.8, 4) is 0 Å². The number of halogens is 4. The summed E-state index contributed by atoms with van der Waals surface area (Å²) in [6, 6.07) is 9.68. The standard InChI is InChI=1S/C15H12Br2F2/c1-9-2-4-11(16)7-13(9)14(17)6-10-3-5-12(18)8-15(10)19/h2-5,7-8,14H,6H2,1H3. The van der Waals surface area contributed by atoms with E-state index < -0.39 is 11.6 Å². The molecular formula is C15H12Br2F2. The molecule has 0 nitrogen and oxygen atoms in total. The summed E-state index contributed by atoms with van der Waals surface area (Å²) in [5.74, 6) is -1.05. The highest BCUT2D eigenvalue weighted by Crippen LogP contribution is 2.32. The average Bonchev–Trinajstić information content (AvgIpc) is 2.35. The summed E-state index contributed by atoms with van der Waals surface area (Å²) in [5, 5.41) is 0. The molecule has 0 aromatic heterocycles. The van der Waals surface area contributed by atoms with E-state index >= 15 is 0 Å². The Bertz CT molecular complexity index is 597. The first-order valence-corrected chi connectivity index (χ1v) is 7.52. The first kappa shape index (κ1) is 14.7. The smallest absolute Gasteiger partial charge is 0.129 e. The highest BCUT2D eigenvalue weighted by atomic mass is 79.9. The second-order valence-corrected chi connectivity index (χ2v) is 6.43. The topological polar surface area (TPSA) is 0 Å². The van der Waals surface area contributed by atoms with E-state index in [2.05, 4.69) is 31.9 Å². The Morgan fingerprint density at radius 1 is 1.11 bits per heavy atom. The third kappa shape index (κ3) is 3.63. The van der Waals surface area contributed by atoms with Gasteiger partial charge < -0.3 is 0 Å². The van der Waals surface area contributed by atoms with Gasteiger partial charge in [0.2, 0.25) is 0 Å². The van der Waals surface area contributed by atoms with Gasteiger partial charge in [0, 0.05) is 15.4 Å². The molecule has 0 heterocycles. The molecule has 2 aromatic rings. The molecule has 0 saturated carbocycles. The molecule has 0 radical (unpaired) electrons. The van der Waals surface area contributed by atoms with E-state index in [0.717, 1.165) is 21.7 Å². The summed E-state index contributed by atoms with van der Waals surface area (Å²) < 4.78 is 27.5. The van der Waals surface area contributed by atoms with Crippen LogP contribution in [0.15, 0.2) is 40.9 Å². The van der Waals surface area contributed by atoms with Crippen LogP contribution in [-0.4, -0.2) is 0 Å². The second-order valence-electron chi connectivity index (χ2n) is 4.41. The first-order chi connectivity index (χ1) is 8.97. The summed E-state index contributed by atoms with van der Waals surface area (Å²) in [7, 11) is 0. The van der Waals surface area contributed by atoms with Crippen LogP contribution < -0.4 is 0 Å². The van der Waals surface area contributed by atoms with Crippen LogP contribution in [0.3, 0.4) is 0 Å². The maximum absolute atomic E-state index is 13.6. The molecule has 0 fully saturated rings. The SMILES string of the molecule is Cc1ccc(Br)cc1C(Br)Cc1ccc(F)cc1F. The van der Waals surface area contributed by atoms with Gasteiger partial charge in [-0.15, -0.1) is 0 Å². The van der Waals surface area contributed by atoms with Gasteiger partial charge in [-0.2, -0.15) is 0 Å². The molecule has 0 saturated heterocycles. The predicted octanol–water partition coefficient (Wildman–Crippen LogP) is 5.71. The zero-order valence-corrected chi connectivity index (χ0v) is 13.4. The van der Waals surface area contributed by atoms with Crippen molar-refractivity contribution in [2.75, 3.05) is 0 Å². The van der Waals surface area contributed by atoms with Gasteiger partial charge in [-0.05, 0) is 48.2 Å². The van der Waals surface area contributed by atoms with Crippen molar-refractivity contribution in [1.82, 2.24) is 0 Å². The van der Waals surface area contributed by atoms with Gasteiger partial charge in [-0.25, -0.2) is 8.78 Å². The second kappa shape index (κ2) is 6.14. The fourth-order valence-corrected chi connectivity index (χ4v) is 3.16. The van der Waals surface area contributed by atoms with Crippen molar-refractivity contribution in [2.24, 2.45) is 0 Å². The molecule has 4 heteroatoms. The monoisotopic (exact) mass is 388 g/mol. The Kier molecular flexibility index (Phi) is 4.74. The third-order valence-electron chi connectivity index (χ3n) is 2.99. The van der Waals surface area contributed by atoms with Crippen molar-refractivity contribution in [1.29, 1.82) is 0 Å². The minimum absolute atomic E-state index is 0.00930. The summed E-state index contributed by atoms with van der Waals surface area (Å²) in [6.45, 7) is 2.01. The van der Waals surface area contributed by atoms with Gasteiger partial charge >= 0.3 is 0 Å². The lowest BCUT2D eigenvalue weighted by atomic mass is 10.0. The van der Waals surface area contributed by atoms with Crippen LogP contribution in [0, 0.1) is 18.6 Å². The molecule has 0 spiro atoms. The molecule has 0 aliphatic carbocycles. The van der Waals surface area contributed by atoms with Crippen LogP contribution in [0.4, 0.5) is 8.78 Å². The number of aryl methyl sites for hydroxylation is 1. The molecular weight excluding hydrogens is 378 g/mol. The Labute approximate surface area is 128 Å². The highest BCUT2D eigenvalue weighted by molar-refractivity contribution is 9.10. The first-order valence-electron chi connectivity index (χ1n) is 5.81. The number of rotatable bonds is 3. The number of hydrogen-bond donors (Lipinski definition) is 0. The molecule has 2 aromatic carbocycles. The Morgan fingerprint density at radius 3 is 2.53 bits per heavy atom. The van der Waals surface area contributed by atoms with Crippen LogP contribution in [0.1, 0.15) is 21.5 Å². The zero-order chi connectivity index (χ0) is 14.0. The van der Waals surface area contributed by atoms with E-state index in [1.54, 1.807) is 0 Å². The van der Waals surface area contributed by atoms with Gasteiger partial charge in [0.15, 0.2) is 0 Å². The van der Waals surface area contributed by atoms with E-state index in [0.29, 0.717) is 12.0 Å². The molecule has 0 aliphatic heterocycles. The lowest BCUT2D eigenvalue weighted by Crippen LogP contribution is -2.00. The summed E-state index contributed by atoms with van der Waals surface area (Å²) in [5.41, 5.74) is 2.73. The van der Waals surface area contributed by atoms with E-state index in [-0.39, 0.29) is 4.83 Å². The van der Waals surface area contributed by atoms with E-state index in [1.165, 1.54) is 12.1 Å². The van der Waals surface area contributed by atoms with Crippen molar-refractivity contribution in [2.45, 2.75) is 18.2 Å². The van der Waals surface area contributed by atoms with Crippen LogP contribution in [0.2, 0.25) is 0 Å². The Hall–Kier alpha value is -0.740. The fourth-order valence-electron chi connectivity index (χ4n) is 1.94. The zero-order valence-electron chi connectivity index (χ0n) is 10.3.